The molecule has 1 heterocycles. The molecule has 1 aliphatic heterocycles. The summed E-state index contributed by atoms with van der Waals surface area (Å²) < 4.78 is 0.840. The molecular weight excluding hydrogens is 502 g/mol. The number of rotatable bonds is 3. The quantitative estimate of drug-likeness (QED) is 0.328. The molecule has 0 saturated carbocycles. The maximum absolute atomic E-state index is 12.8. The van der Waals surface area contributed by atoms with Crippen molar-refractivity contribution in [2.45, 2.75) is 13.0 Å². The zero-order chi connectivity index (χ0) is 20.0. The van der Waals surface area contributed by atoms with Crippen LogP contribution in [0.5, 0.6) is 0 Å². The summed E-state index contributed by atoms with van der Waals surface area (Å²) >= 11 is 27.4. The molecule has 0 aliphatic carbocycles. The molecule has 0 bridgehead atoms. The lowest BCUT2D eigenvalue weighted by atomic mass is 10.1. The maximum Gasteiger partial charge on any atom is 0.263 e. The predicted octanol–water partition coefficient (Wildman–Crippen LogP) is 5.69. The van der Waals surface area contributed by atoms with Gasteiger partial charge in [0.05, 0.1) is 31.2 Å². The summed E-state index contributed by atoms with van der Waals surface area (Å²) in [5.74, 6) is -2.09. The molecule has 3 rings (SSSR count). The van der Waals surface area contributed by atoms with Gasteiger partial charge in [-0.1, -0.05) is 62.3 Å². The summed E-state index contributed by atoms with van der Waals surface area (Å²) in [6, 6.07) is 5.71. The Morgan fingerprint density at radius 1 is 0.926 bits per heavy atom. The molecule has 0 radical (unpaired) electrons. The molecule has 2 aromatic carbocycles. The molecule has 1 aliphatic rings. The van der Waals surface area contributed by atoms with E-state index < -0.39 is 23.8 Å². The minimum Gasteiger partial charge on any atom is -0.324 e. The topological polar surface area (TPSA) is 66.5 Å². The smallest absolute Gasteiger partial charge is 0.263 e. The van der Waals surface area contributed by atoms with Crippen LogP contribution in [0.25, 0.3) is 0 Å². The molecule has 3 amide bonds. The van der Waals surface area contributed by atoms with Gasteiger partial charge in [0.2, 0.25) is 5.91 Å². The normalized spacial score (nSPS) is 14.4. The molecule has 2 aromatic rings. The summed E-state index contributed by atoms with van der Waals surface area (Å²) in [5.41, 5.74) is 0.183. The second-order valence-corrected chi connectivity index (χ2v) is 8.09. The second kappa shape index (κ2) is 7.60. The van der Waals surface area contributed by atoms with E-state index in [2.05, 4.69) is 21.2 Å². The van der Waals surface area contributed by atoms with E-state index in [1.165, 1.54) is 6.92 Å². The number of imide groups is 1. The molecular formula is C17H9BrCl4N2O3. The Morgan fingerprint density at radius 3 is 1.81 bits per heavy atom. The molecule has 0 saturated heterocycles. The van der Waals surface area contributed by atoms with Gasteiger partial charge in [0.25, 0.3) is 11.8 Å². The molecule has 1 N–H and O–H groups in total. The number of hydrogen-bond donors (Lipinski definition) is 1. The first kappa shape index (κ1) is 20.4. The number of anilines is 1. The predicted molar refractivity (Wildman–Crippen MR) is 109 cm³/mol. The molecule has 0 unspecified atom stereocenters. The lowest BCUT2D eigenvalue weighted by Gasteiger charge is -2.21. The Labute approximate surface area is 182 Å². The van der Waals surface area contributed by atoms with E-state index >= 15 is 0 Å². The Bertz CT molecular complexity index is 948. The van der Waals surface area contributed by atoms with Crippen LogP contribution in [0.3, 0.4) is 0 Å². The van der Waals surface area contributed by atoms with Crippen LogP contribution in [0.2, 0.25) is 20.1 Å². The van der Waals surface area contributed by atoms with Crippen LogP contribution < -0.4 is 5.32 Å². The number of benzene rings is 2. The molecule has 10 heteroatoms. The number of amides is 3. The van der Waals surface area contributed by atoms with E-state index in [-0.39, 0.29) is 31.2 Å². The van der Waals surface area contributed by atoms with Gasteiger partial charge >= 0.3 is 0 Å². The van der Waals surface area contributed by atoms with Crippen LogP contribution in [0.4, 0.5) is 5.69 Å². The number of halogens is 5. The SMILES string of the molecule is C[C@@H](C(=O)Nc1ccc(Br)cc1)N1C(=O)c2c(Cl)c(Cl)c(Cl)c(Cl)c2C1=O. The molecule has 0 aromatic heterocycles. The van der Waals surface area contributed by atoms with Gasteiger partial charge in [0.15, 0.2) is 0 Å². The van der Waals surface area contributed by atoms with Crippen molar-refractivity contribution >= 4 is 85.7 Å². The van der Waals surface area contributed by atoms with Crippen LogP contribution in [0, 0.1) is 0 Å². The highest BCUT2D eigenvalue weighted by Crippen LogP contribution is 2.45. The first-order valence-corrected chi connectivity index (χ1v) is 9.75. The highest BCUT2D eigenvalue weighted by atomic mass is 79.9. The minimum absolute atomic E-state index is 0.128. The number of carbonyl (C=O) groups is 3. The summed E-state index contributed by atoms with van der Waals surface area (Å²) in [4.78, 5) is 38.8. The lowest BCUT2D eigenvalue weighted by Crippen LogP contribution is -2.45. The number of carbonyl (C=O) groups excluding carboxylic acids is 3. The zero-order valence-electron chi connectivity index (χ0n) is 13.4. The van der Waals surface area contributed by atoms with E-state index in [1.54, 1.807) is 24.3 Å². The van der Waals surface area contributed by atoms with Crippen molar-refractivity contribution in [3.63, 3.8) is 0 Å². The van der Waals surface area contributed by atoms with Crippen molar-refractivity contribution < 1.29 is 14.4 Å². The van der Waals surface area contributed by atoms with Gasteiger partial charge < -0.3 is 5.32 Å². The molecule has 0 spiro atoms. The second-order valence-electron chi connectivity index (χ2n) is 5.66. The summed E-state index contributed by atoms with van der Waals surface area (Å²) in [7, 11) is 0. The van der Waals surface area contributed by atoms with Gasteiger partial charge in [-0.25, -0.2) is 0 Å². The Hall–Kier alpha value is -1.31. The van der Waals surface area contributed by atoms with Crippen molar-refractivity contribution in [2.24, 2.45) is 0 Å². The van der Waals surface area contributed by atoms with Crippen LogP contribution >= 0.6 is 62.3 Å². The van der Waals surface area contributed by atoms with Gasteiger partial charge in [-0.2, -0.15) is 0 Å². The number of nitrogens with one attached hydrogen (secondary N) is 1. The van der Waals surface area contributed by atoms with E-state index in [4.69, 9.17) is 46.4 Å². The van der Waals surface area contributed by atoms with Crippen LogP contribution in [0.1, 0.15) is 27.6 Å². The van der Waals surface area contributed by atoms with Gasteiger partial charge in [-0.05, 0) is 31.2 Å². The van der Waals surface area contributed by atoms with Gasteiger partial charge in [-0.15, -0.1) is 0 Å². The number of fused-ring (bicyclic) bond motifs is 1. The molecule has 27 heavy (non-hydrogen) atoms. The highest BCUT2D eigenvalue weighted by Gasteiger charge is 2.45. The average Bonchev–Trinajstić information content (AvgIpc) is 2.90. The van der Waals surface area contributed by atoms with Gasteiger partial charge in [0, 0.05) is 10.2 Å². The first-order valence-electron chi connectivity index (χ1n) is 7.45. The largest absolute Gasteiger partial charge is 0.324 e. The monoisotopic (exact) mass is 508 g/mol. The van der Waals surface area contributed by atoms with Gasteiger partial charge in [0.1, 0.15) is 6.04 Å². The zero-order valence-corrected chi connectivity index (χ0v) is 18.1. The third-order valence-electron chi connectivity index (χ3n) is 4.01. The minimum atomic E-state index is -1.12. The molecule has 140 valence electrons. The Balaban J connectivity index is 1.93. The van der Waals surface area contributed by atoms with E-state index in [9.17, 15) is 14.4 Å². The standard InChI is InChI=1S/C17H9BrCl4N2O3/c1-6(15(25)23-8-4-2-7(18)3-5-8)24-16(26)9-10(17(24)27)12(20)14(22)13(21)11(9)19/h2-6H,1H3,(H,23,25)/t6-/m0/s1. The molecule has 1 atom stereocenters. The third-order valence-corrected chi connectivity index (χ3v) is 6.34. The Kier molecular flexibility index (Phi) is 5.75. The fraction of sp³-hybridized carbons (Fsp3) is 0.118. The van der Waals surface area contributed by atoms with Crippen molar-refractivity contribution in [2.75, 3.05) is 5.32 Å². The molecule has 5 nitrogen and oxygen atoms in total. The molecule has 0 fully saturated rings. The highest BCUT2D eigenvalue weighted by molar-refractivity contribution is 9.10. The summed E-state index contributed by atoms with van der Waals surface area (Å²) in [6.07, 6.45) is 0. The number of nitrogens with zero attached hydrogens (tertiary/aromatic N) is 1. The average molecular weight is 511 g/mol. The number of hydrogen-bond acceptors (Lipinski definition) is 3. The fourth-order valence-electron chi connectivity index (χ4n) is 2.62. The van der Waals surface area contributed by atoms with E-state index in [0.717, 1.165) is 9.37 Å². The Morgan fingerprint density at radius 2 is 1.37 bits per heavy atom. The van der Waals surface area contributed by atoms with E-state index in [0.29, 0.717) is 5.69 Å². The van der Waals surface area contributed by atoms with Crippen molar-refractivity contribution in [3.8, 4) is 0 Å². The maximum atomic E-state index is 12.8. The van der Waals surface area contributed by atoms with Crippen LogP contribution in [-0.4, -0.2) is 28.7 Å². The van der Waals surface area contributed by atoms with Crippen LogP contribution in [-0.2, 0) is 4.79 Å². The fourth-order valence-corrected chi connectivity index (χ4v) is 3.89. The van der Waals surface area contributed by atoms with E-state index in [1.807, 2.05) is 0 Å². The first-order chi connectivity index (χ1) is 12.6. The lowest BCUT2D eigenvalue weighted by molar-refractivity contribution is -0.119. The van der Waals surface area contributed by atoms with Crippen molar-refractivity contribution in [3.05, 3.63) is 60.0 Å². The van der Waals surface area contributed by atoms with Crippen LogP contribution in [0.15, 0.2) is 28.7 Å². The van der Waals surface area contributed by atoms with Crippen molar-refractivity contribution in [1.82, 2.24) is 4.90 Å². The van der Waals surface area contributed by atoms with Crippen molar-refractivity contribution in [1.29, 1.82) is 0 Å². The third kappa shape index (κ3) is 3.45. The summed E-state index contributed by atoms with van der Waals surface area (Å²) in [6.45, 7) is 1.42. The van der Waals surface area contributed by atoms with Gasteiger partial charge in [-0.3, -0.25) is 19.3 Å². The summed E-state index contributed by atoms with van der Waals surface area (Å²) in [5, 5.41) is 2.03.